The minimum Gasteiger partial charge on any atom is -0.469 e. The van der Waals surface area contributed by atoms with Crippen LogP contribution in [0.5, 0.6) is 0 Å². The van der Waals surface area contributed by atoms with Gasteiger partial charge < -0.3 is 4.74 Å². The molecule has 0 bridgehead atoms. The molecule has 0 spiro atoms. The number of aryl methyl sites for hydroxylation is 1. The monoisotopic (exact) mass is 224 g/mol. The Kier molecular flexibility index (Phi) is 4.69. The summed E-state index contributed by atoms with van der Waals surface area (Å²) in [7, 11) is 1.32. The zero-order valence-corrected chi connectivity index (χ0v) is 9.60. The summed E-state index contributed by atoms with van der Waals surface area (Å²) in [6.07, 6.45) is 4.23. The van der Waals surface area contributed by atoms with Crippen molar-refractivity contribution in [1.29, 1.82) is 0 Å². The smallest absolute Gasteiger partial charge is 0.305 e. The first-order chi connectivity index (χ1) is 7.65. The average molecular weight is 224 g/mol. The quantitative estimate of drug-likeness (QED) is 0.675. The van der Waals surface area contributed by atoms with Gasteiger partial charge in [0, 0.05) is 25.6 Å². The number of Topliss-reactive ketones (excluding diaryl/α,β-unsaturated/α-hetero) is 1. The summed E-state index contributed by atoms with van der Waals surface area (Å²) in [6.45, 7) is 2.77. The number of rotatable bonds is 6. The van der Waals surface area contributed by atoms with E-state index >= 15 is 0 Å². The molecule has 5 nitrogen and oxygen atoms in total. The summed E-state index contributed by atoms with van der Waals surface area (Å²) >= 11 is 0. The van der Waals surface area contributed by atoms with E-state index in [1.54, 1.807) is 10.9 Å². The Hall–Kier alpha value is -1.65. The van der Waals surface area contributed by atoms with Crippen LogP contribution in [0.3, 0.4) is 0 Å². The van der Waals surface area contributed by atoms with Crippen LogP contribution < -0.4 is 0 Å². The van der Waals surface area contributed by atoms with Gasteiger partial charge in [-0.15, -0.1) is 0 Å². The standard InChI is InChI=1S/C11H16N2O3/c1-3-13-8-9(7-12-13)6-10(14)4-5-11(15)16-2/h7-8H,3-6H2,1-2H3. The SMILES string of the molecule is CCn1cc(CC(=O)CCC(=O)OC)cn1. The van der Waals surface area contributed by atoms with Crippen molar-refractivity contribution in [2.24, 2.45) is 0 Å². The predicted octanol–water partition coefficient (Wildman–Crippen LogP) is 0.968. The van der Waals surface area contributed by atoms with Gasteiger partial charge in [0.2, 0.25) is 0 Å². The van der Waals surface area contributed by atoms with Crippen LogP contribution in [0.2, 0.25) is 0 Å². The topological polar surface area (TPSA) is 61.2 Å². The Morgan fingerprint density at radius 1 is 1.44 bits per heavy atom. The number of carbonyl (C=O) groups excluding carboxylic acids is 2. The maximum atomic E-state index is 11.5. The van der Waals surface area contributed by atoms with Crippen molar-refractivity contribution in [2.75, 3.05) is 7.11 Å². The van der Waals surface area contributed by atoms with Crippen LogP contribution in [0, 0.1) is 0 Å². The third-order valence-corrected chi connectivity index (χ3v) is 2.25. The lowest BCUT2D eigenvalue weighted by molar-refractivity contribution is -0.141. The fourth-order valence-electron chi connectivity index (χ4n) is 1.33. The molecule has 0 aliphatic carbocycles. The Morgan fingerprint density at radius 2 is 2.19 bits per heavy atom. The first-order valence-electron chi connectivity index (χ1n) is 5.25. The molecule has 0 saturated heterocycles. The van der Waals surface area contributed by atoms with Gasteiger partial charge in [-0.3, -0.25) is 14.3 Å². The molecule has 5 heteroatoms. The maximum absolute atomic E-state index is 11.5. The number of aromatic nitrogens is 2. The summed E-state index contributed by atoms with van der Waals surface area (Å²) in [5.74, 6) is -0.321. The molecule has 16 heavy (non-hydrogen) atoms. The molecule has 0 unspecified atom stereocenters. The van der Waals surface area contributed by atoms with E-state index in [0.29, 0.717) is 6.42 Å². The van der Waals surface area contributed by atoms with Crippen LogP contribution in [0.1, 0.15) is 25.3 Å². The summed E-state index contributed by atoms with van der Waals surface area (Å²) in [5.41, 5.74) is 0.886. The third-order valence-electron chi connectivity index (χ3n) is 2.25. The highest BCUT2D eigenvalue weighted by atomic mass is 16.5. The molecule has 0 aliphatic rings. The van der Waals surface area contributed by atoms with E-state index in [2.05, 4.69) is 9.84 Å². The molecule has 0 atom stereocenters. The molecule has 0 radical (unpaired) electrons. The van der Waals surface area contributed by atoms with Crippen molar-refractivity contribution in [3.8, 4) is 0 Å². The van der Waals surface area contributed by atoms with E-state index in [1.165, 1.54) is 7.11 Å². The number of esters is 1. The van der Waals surface area contributed by atoms with Gasteiger partial charge in [0.25, 0.3) is 0 Å². The maximum Gasteiger partial charge on any atom is 0.305 e. The van der Waals surface area contributed by atoms with Crippen molar-refractivity contribution in [3.05, 3.63) is 18.0 Å². The highest BCUT2D eigenvalue weighted by Gasteiger charge is 2.08. The van der Waals surface area contributed by atoms with E-state index in [1.807, 2.05) is 13.1 Å². The van der Waals surface area contributed by atoms with Crippen molar-refractivity contribution in [2.45, 2.75) is 32.7 Å². The second-order valence-electron chi connectivity index (χ2n) is 3.50. The normalized spacial score (nSPS) is 10.1. The second-order valence-corrected chi connectivity index (χ2v) is 3.50. The zero-order valence-electron chi connectivity index (χ0n) is 9.60. The highest BCUT2D eigenvalue weighted by Crippen LogP contribution is 2.03. The largest absolute Gasteiger partial charge is 0.469 e. The van der Waals surface area contributed by atoms with Crippen LogP contribution in [-0.4, -0.2) is 28.6 Å². The van der Waals surface area contributed by atoms with Gasteiger partial charge in [0.1, 0.15) is 5.78 Å². The predicted molar refractivity (Wildman–Crippen MR) is 57.9 cm³/mol. The average Bonchev–Trinajstić information content (AvgIpc) is 2.73. The molecule has 0 amide bonds. The van der Waals surface area contributed by atoms with Gasteiger partial charge in [0.15, 0.2) is 0 Å². The molecule has 0 aliphatic heterocycles. The van der Waals surface area contributed by atoms with Crippen molar-refractivity contribution >= 4 is 11.8 Å². The summed E-state index contributed by atoms with van der Waals surface area (Å²) in [4.78, 5) is 22.3. The molecule has 1 heterocycles. The molecule has 0 fully saturated rings. The van der Waals surface area contributed by atoms with Crippen LogP contribution in [-0.2, 0) is 27.3 Å². The molecule has 1 aromatic heterocycles. The Morgan fingerprint density at radius 3 is 2.75 bits per heavy atom. The van der Waals surface area contributed by atoms with Gasteiger partial charge in [0.05, 0.1) is 19.7 Å². The molecule has 88 valence electrons. The first-order valence-corrected chi connectivity index (χ1v) is 5.25. The number of ketones is 1. The molecule has 0 N–H and O–H groups in total. The van der Waals surface area contributed by atoms with Gasteiger partial charge in [-0.05, 0) is 12.5 Å². The Balaban J connectivity index is 2.36. The van der Waals surface area contributed by atoms with Crippen LogP contribution in [0.4, 0.5) is 0 Å². The van der Waals surface area contributed by atoms with Crippen molar-refractivity contribution < 1.29 is 14.3 Å². The van der Waals surface area contributed by atoms with E-state index in [0.717, 1.165) is 12.1 Å². The van der Waals surface area contributed by atoms with Crippen LogP contribution >= 0.6 is 0 Å². The highest BCUT2D eigenvalue weighted by molar-refractivity contribution is 5.84. The van der Waals surface area contributed by atoms with E-state index < -0.39 is 0 Å². The molecule has 0 saturated carbocycles. The lowest BCUT2D eigenvalue weighted by Gasteiger charge is -1.98. The fraction of sp³-hybridized carbons (Fsp3) is 0.545. The number of carbonyl (C=O) groups is 2. The lowest BCUT2D eigenvalue weighted by atomic mass is 10.1. The zero-order chi connectivity index (χ0) is 12.0. The number of ether oxygens (including phenoxy) is 1. The van der Waals surface area contributed by atoms with E-state index in [4.69, 9.17) is 0 Å². The van der Waals surface area contributed by atoms with E-state index in [-0.39, 0.29) is 24.6 Å². The number of nitrogens with zero attached hydrogens (tertiary/aromatic N) is 2. The van der Waals surface area contributed by atoms with Crippen LogP contribution in [0.15, 0.2) is 12.4 Å². The molecule has 0 aromatic carbocycles. The molecular weight excluding hydrogens is 208 g/mol. The summed E-state index contributed by atoms with van der Waals surface area (Å²) in [5, 5.41) is 4.07. The minimum atomic E-state index is -0.349. The summed E-state index contributed by atoms with van der Waals surface area (Å²) < 4.78 is 6.23. The van der Waals surface area contributed by atoms with Gasteiger partial charge in [-0.2, -0.15) is 5.10 Å². The summed E-state index contributed by atoms with van der Waals surface area (Å²) in [6, 6.07) is 0. The van der Waals surface area contributed by atoms with Crippen molar-refractivity contribution in [3.63, 3.8) is 0 Å². The minimum absolute atomic E-state index is 0.0288. The second kappa shape index (κ2) is 6.05. The number of hydrogen-bond donors (Lipinski definition) is 0. The number of hydrogen-bond acceptors (Lipinski definition) is 4. The van der Waals surface area contributed by atoms with E-state index in [9.17, 15) is 9.59 Å². The first kappa shape index (κ1) is 12.4. The van der Waals surface area contributed by atoms with Gasteiger partial charge >= 0.3 is 5.97 Å². The van der Waals surface area contributed by atoms with Gasteiger partial charge in [-0.1, -0.05) is 0 Å². The molecular formula is C11H16N2O3. The van der Waals surface area contributed by atoms with Crippen LogP contribution in [0.25, 0.3) is 0 Å². The Labute approximate surface area is 94.4 Å². The number of methoxy groups -OCH3 is 1. The third kappa shape index (κ3) is 3.84. The molecule has 1 rings (SSSR count). The molecule has 1 aromatic rings. The van der Waals surface area contributed by atoms with Crippen molar-refractivity contribution in [1.82, 2.24) is 9.78 Å². The fourth-order valence-corrected chi connectivity index (χ4v) is 1.33. The lowest BCUT2D eigenvalue weighted by Crippen LogP contribution is -2.07. The van der Waals surface area contributed by atoms with Gasteiger partial charge in [-0.25, -0.2) is 0 Å². The Bertz CT molecular complexity index is 371.